The fourth-order valence-corrected chi connectivity index (χ4v) is 4.32. The second-order valence-corrected chi connectivity index (χ2v) is 8.50. The summed E-state index contributed by atoms with van der Waals surface area (Å²) < 4.78 is 26.2. The minimum atomic E-state index is -0.352. The summed E-state index contributed by atoms with van der Waals surface area (Å²) in [6, 6.07) is 9.79. The molecule has 2 aliphatic rings. The van der Waals surface area contributed by atoms with Crippen LogP contribution in [-0.2, 0) is 37.3 Å². The normalized spacial score (nSPS) is 15.2. The van der Waals surface area contributed by atoms with Crippen LogP contribution < -0.4 is 14.8 Å². The van der Waals surface area contributed by atoms with Gasteiger partial charge in [0.15, 0.2) is 17.3 Å². The molecule has 3 heterocycles. The van der Waals surface area contributed by atoms with Gasteiger partial charge in [-0.3, -0.25) is 9.69 Å². The van der Waals surface area contributed by atoms with E-state index in [0.717, 1.165) is 36.6 Å². The van der Waals surface area contributed by atoms with Gasteiger partial charge in [-0.1, -0.05) is 23.7 Å². The van der Waals surface area contributed by atoms with E-state index in [1.54, 1.807) is 18.2 Å². The van der Waals surface area contributed by atoms with Crippen molar-refractivity contribution in [2.45, 2.75) is 32.5 Å². The lowest BCUT2D eigenvalue weighted by Gasteiger charge is -2.20. The number of benzene rings is 2. The third kappa shape index (κ3) is 4.94. The highest BCUT2D eigenvalue weighted by Crippen LogP contribution is 2.37. The summed E-state index contributed by atoms with van der Waals surface area (Å²) >= 11 is 6.45. The van der Waals surface area contributed by atoms with Crippen LogP contribution >= 0.6 is 11.6 Å². The Hall–Kier alpha value is -3.17. The molecular weight excluding hydrogens is 449 g/mol. The Labute approximate surface area is 195 Å². The Morgan fingerprint density at radius 2 is 1.97 bits per heavy atom. The van der Waals surface area contributed by atoms with E-state index in [0.29, 0.717) is 35.2 Å². The zero-order chi connectivity index (χ0) is 22.8. The van der Waals surface area contributed by atoms with E-state index in [1.165, 1.54) is 12.1 Å². The number of nitrogens with zero attached hydrogens (tertiary/aromatic N) is 4. The van der Waals surface area contributed by atoms with E-state index in [2.05, 4.69) is 25.0 Å². The first-order valence-electron chi connectivity index (χ1n) is 10.8. The van der Waals surface area contributed by atoms with Gasteiger partial charge in [0.05, 0.1) is 13.0 Å². The maximum atomic E-state index is 13.3. The van der Waals surface area contributed by atoms with Crippen LogP contribution in [0.4, 0.5) is 4.39 Å². The molecule has 0 fully saturated rings. The van der Waals surface area contributed by atoms with Crippen molar-refractivity contribution in [2.75, 3.05) is 19.9 Å². The molecule has 3 aromatic rings. The minimum Gasteiger partial charge on any atom is -0.454 e. The number of hydrogen-bond acceptors (Lipinski definition) is 6. The summed E-state index contributed by atoms with van der Waals surface area (Å²) in [7, 11) is 0. The van der Waals surface area contributed by atoms with Gasteiger partial charge in [-0.05, 0) is 29.3 Å². The smallest absolute Gasteiger partial charge is 0.231 e. The Kier molecular flexibility index (Phi) is 6.15. The molecule has 0 radical (unpaired) electrons. The fourth-order valence-electron chi connectivity index (χ4n) is 4.11. The SMILES string of the molecule is O=C(Cc1cccc(F)c1)NCc1nnc2n1CCN(Cc1cc3c(cc1Cl)OCO3)CC2. The molecule has 0 saturated carbocycles. The van der Waals surface area contributed by atoms with Crippen molar-refractivity contribution >= 4 is 17.5 Å². The van der Waals surface area contributed by atoms with Crippen LogP contribution in [0, 0.1) is 5.82 Å². The lowest BCUT2D eigenvalue weighted by molar-refractivity contribution is -0.120. The number of carbonyl (C=O) groups excluding carboxylic acids is 1. The molecular formula is C23H23ClFN5O3. The van der Waals surface area contributed by atoms with Crippen molar-refractivity contribution in [2.24, 2.45) is 0 Å². The van der Waals surface area contributed by atoms with E-state index in [-0.39, 0.29) is 31.5 Å². The topological polar surface area (TPSA) is 81.5 Å². The highest BCUT2D eigenvalue weighted by atomic mass is 35.5. The molecule has 0 bridgehead atoms. The first-order valence-corrected chi connectivity index (χ1v) is 11.2. The van der Waals surface area contributed by atoms with E-state index >= 15 is 0 Å². The Morgan fingerprint density at radius 3 is 2.82 bits per heavy atom. The lowest BCUT2D eigenvalue weighted by Crippen LogP contribution is -2.28. The Balaban J connectivity index is 1.18. The summed E-state index contributed by atoms with van der Waals surface area (Å²) in [5.74, 6) is 2.46. The van der Waals surface area contributed by atoms with Gasteiger partial charge in [0.1, 0.15) is 11.6 Å². The molecule has 0 aliphatic carbocycles. The van der Waals surface area contributed by atoms with E-state index < -0.39 is 0 Å². The standard InChI is InChI=1S/C23H23ClFN5O3/c24-18-11-20-19(32-14-33-20)10-16(18)13-29-5-4-21-27-28-22(30(21)7-6-29)12-26-23(31)9-15-2-1-3-17(25)8-15/h1-3,8,10-11H,4-7,9,12-14H2,(H,26,31). The highest BCUT2D eigenvalue weighted by molar-refractivity contribution is 6.31. The number of fused-ring (bicyclic) bond motifs is 2. The van der Waals surface area contributed by atoms with Crippen LogP contribution in [0.25, 0.3) is 0 Å². The summed E-state index contributed by atoms with van der Waals surface area (Å²) in [6.45, 7) is 3.49. The molecule has 0 saturated heterocycles. The average Bonchev–Trinajstić information content (AvgIpc) is 3.35. The Morgan fingerprint density at radius 1 is 1.12 bits per heavy atom. The van der Waals surface area contributed by atoms with Gasteiger partial charge in [-0.15, -0.1) is 10.2 Å². The number of nitrogens with one attached hydrogen (secondary N) is 1. The van der Waals surface area contributed by atoms with Crippen LogP contribution in [0.5, 0.6) is 11.5 Å². The van der Waals surface area contributed by atoms with Gasteiger partial charge in [-0.25, -0.2) is 4.39 Å². The molecule has 10 heteroatoms. The molecule has 0 atom stereocenters. The maximum absolute atomic E-state index is 13.3. The predicted octanol–water partition coefficient (Wildman–Crippen LogP) is 2.72. The molecule has 172 valence electrons. The number of carbonyl (C=O) groups is 1. The average molecular weight is 472 g/mol. The zero-order valence-corrected chi connectivity index (χ0v) is 18.6. The van der Waals surface area contributed by atoms with Crippen molar-refractivity contribution in [1.82, 2.24) is 25.0 Å². The first-order chi connectivity index (χ1) is 16.0. The monoisotopic (exact) mass is 471 g/mol. The molecule has 5 rings (SSSR count). The van der Waals surface area contributed by atoms with Gasteiger partial charge in [-0.2, -0.15) is 0 Å². The molecule has 33 heavy (non-hydrogen) atoms. The third-order valence-corrected chi connectivity index (χ3v) is 6.18. The lowest BCUT2D eigenvalue weighted by atomic mass is 10.1. The van der Waals surface area contributed by atoms with Crippen molar-refractivity contribution in [3.05, 3.63) is 70.0 Å². The molecule has 0 unspecified atom stereocenters. The minimum absolute atomic E-state index is 0.114. The number of rotatable bonds is 6. The molecule has 2 aromatic carbocycles. The largest absolute Gasteiger partial charge is 0.454 e. The summed E-state index contributed by atoms with van der Waals surface area (Å²) in [5.41, 5.74) is 1.62. The van der Waals surface area contributed by atoms with Crippen molar-refractivity contribution < 1.29 is 18.7 Å². The van der Waals surface area contributed by atoms with Gasteiger partial charge < -0.3 is 19.4 Å². The van der Waals surface area contributed by atoms with Crippen LogP contribution in [0.1, 0.15) is 22.8 Å². The highest BCUT2D eigenvalue weighted by Gasteiger charge is 2.22. The zero-order valence-electron chi connectivity index (χ0n) is 17.9. The van der Waals surface area contributed by atoms with E-state index in [4.69, 9.17) is 21.1 Å². The van der Waals surface area contributed by atoms with Crippen LogP contribution in [0.15, 0.2) is 36.4 Å². The number of amides is 1. The second-order valence-electron chi connectivity index (χ2n) is 8.09. The van der Waals surface area contributed by atoms with Crippen molar-refractivity contribution in [3.8, 4) is 11.5 Å². The first kappa shape index (κ1) is 21.7. The summed E-state index contributed by atoms with van der Waals surface area (Å²) in [4.78, 5) is 14.6. The molecule has 8 nitrogen and oxygen atoms in total. The maximum Gasteiger partial charge on any atom is 0.231 e. The number of hydrogen-bond donors (Lipinski definition) is 1. The summed E-state index contributed by atoms with van der Waals surface area (Å²) in [5, 5.41) is 12.1. The predicted molar refractivity (Wildman–Crippen MR) is 119 cm³/mol. The van der Waals surface area contributed by atoms with Gasteiger partial charge in [0.25, 0.3) is 0 Å². The van der Waals surface area contributed by atoms with E-state index in [9.17, 15) is 9.18 Å². The Bertz CT molecular complexity index is 1180. The molecule has 1 N–H and O–H groups in total. The number of aromatic nitrogens is 3. The van der Waals surface area contributed by atoms with Gasteiger partial charge in [0.2, 0.25) is 12.7 Å². The van der Waals surface area contributed by atoms with Crippen LogP contribution in [-0.4, -0.2) is 45.5 Å². The quantitative estimate of drug-likeness (QED) is 0.595. The van der Waals surface area contributed by atoms with Crippen molar-refractivity contribution in [1.29, 1.82) is 0 Å². The molecule has 1 amide bonds. The van der Waals surface area contributed by atoms with Gasteiger partial charge >= 0.3 is 0 Å². The van der Waals surface area contributed by atoms with Crippen LogP contribution in [0.2, 0.25) is 5.02 Å². The summed E-state index contributed by atoms with van der Waals surface area (Å²) in [6.07, 6.45) is 0.856. The van der Waals surface area contributed by atoms with Crippen LogP contribution in [0.3, 0.4) is 0 Å². The number of halogens is 2. The molecule has 1 aromatic heterocycles. The second kappa shape index (κ2) is 9.36. The van der Waals surface area contributed by atoms with Crippen molar-refractivity contribution in [3.63, 3.8) is 0 Å². The number of ether oxygens (including phenoxy) is 2. The molecule has 2 aliphatic heterocycles. The fraction of sp³-hybridized carbons (Fsp3) is 0.348. The third-order valence-electron chi connectivity index (χ3n) is 5.83. The van der Waals surface area contributed by atoms with E-state index in [1.807, 2.05) is 6.07 Å². The molecule has 0 spiro atoms. The van der Waals surface area contributed by atoms with Gasteiger partial charge in [0, 0.05) is 43.7 Å².